The summed E-state index contributed by atoms with van der Waals surface area (Å²) in [7, 11) is 0. The maximum Gasteiger partial charge on any atom is 0.195 e. The molecule has 122 valence electrons. The highest BCUT2D eigenvalue weighted by molar-refractivity contribution is 7.71. The molecule has 0 radical (unpaired) electrons. The highest BCUT2D eigenvalue weighted by Crippen LogP contribution is 2.20. The van der Waals surface area contributed by atoms with Crippen LogP contribution < -0.4 is 0 Å². The molecule has 3 aromatic heterocycles. The lowest BCUT2D eigenvalue weighted by Crippen LogP contribution is -2.03. The molecule has 0 saturated heterocycles. The van der Waals surface area contributed by atoms with Gasteiger partial charge in [0.15, 0.2) is 21.2 Å². The van der Waals surface area contributed by atoms with E-state index >= 15 is 0 Å². The molecule has 0 atom stereocenters. The third-order valence-corrected chi connectivity index (χ3v) is 3.97. The Kier molecular flexibility index (Phi) is 4.63. The smallest absolute Gasteiger partial charge is 0.195 e. The Morgan fingerprint density at radius 1 is 0.917 bits per heavy atom. The first-order valence-corrected chi connectivity index (χ1v) is 7.97. The van der Waals surface area contributed by atoms with Gasteiger partial charge in [-0.25, -0.2) is 4.98 Å². The van der Waals surface area contributed by atoms with Crippen LogP contribution >= 0.6 is 24.4 Å². The van der Waals surface area contributed by atoms with Gasteiger partial charge in [0.1, 0.15) is 11.4 Å². The molecular weight excluding hydrogens is 342 g/mol. The van der Waals surface area contributed by atoms with Gasteiger partial charge < -0.3 is 0 Å². The number of allylic oxidation sites excluding steroid dienone is 2. The Labute approximate surface area is 148 Å². The Hall–Kier alpha value is -2.65. The largest absolute Gasteiger partial charge is 0.295 e. The minimum Gasteiger partial charge on any atom is -0.295 e. The molecule has 0 fully saturated rings. The summed E-state index contributed by atoms with van der Waals surface area (Å²) in [6.45, 7) is 8.58. The predicted molar refractivity (Wildman–Crippen MR) is 97.4 cm³/mol. The van der Waals surface area contributed by atoms with Crippen LogP contribution in [0.2, 0.25) is 0 Å². The first kappa shape index (κ1) is 16.2. The number of hydrogen-bond acceptors (Lipinski definition) is 5. The molecule has 3 rings (SSSR count). The lowest BCUT2D eigenvalue weighted by molar-refractivity contribution is 0.806. The van der Waals surface area contributed by atoms with Gasteiger partial charge in [0.2, 0.25) is 0 Å². The van der Waals surface area contributed by atoms with Gasteiger partial charge in [0.25, 0.3) is 0 Å². The van der Waals surface area contributed by atoms with Crippen molar-refractivity contribution in [3.8, 4) is 23.0 Å². The fourth-order valence-corrected chi connectivity index (χ4v) is 2.72. The monoisotopic (exact) mass is 357 g/mol. The number of H-pyrrole nitrogens is 2. The molecule has 0 aliphatic carbocycles. The highest BCUT2D eigenvalue weighted by atomic mass is 32.1. The second-order valence-electron chi connectivity index (χ2n) is 4.91. The molecule has 3 heterocycles. The maximum atomic E-state index is 5.25. The molecule has 3 aromatic rings. The molecule has 0 aliphatic rings. The van der Waals surface area contributed by atoms with Gasteiger partial charge in [-0.1, -0.05) is 18.2 Å². The first-order valence-electron chi connectivity index (χ1n) is 7.15. The molecule has 2 N–H and O–H groups in total. The van der Waals surface area contributed by atoms with Crippen LogP contribution in [0.5, 0.6) is 0 Å². The zero-order chi connectivity index (χ0) is 17.1. The predicted octanol–water partition coefficient (Wildman–Crippen LogP) is 3.30. The van der Waals surface area contributed by atoms with E-state index in [4.69, 9.17) is 24.4 Å². The number of pyridine rings is 1. The van der Waals surface area contributed by atoms with Crippen molar-refractivity contribution in [3.63, 3.8) is 0 Å². The SMILES string of the molecule is C=CCn1c(-c2cccc(-c3n[nH]c(=S)n3CC=C)n2)n[nH]c1=S. The lowest BCUT2D eigenvalue weighted by atomic mass is 10.2. The van der Waals surface area contributed by atoms with E-state index in [-0.39, 0.29) is 0 Å². The Morgan fingerprint density at radius 3 is 1.79 bits per heavy atom. The van der Waals surface area contributed by atoms with E-state index in [2.05, 4.69) is 38.5 Å². The minimum absolute atomic E-state index is 0.520. The molecular formula is C15H15N7S2. The zero-order valence-electron chi connectivity index (χ0n) is 12.8. The van der Waals surface area contributed by atoms with Crippen molar-refractivity contribution in [1.82, 2.24) is 34.5 Å². The van der Waals surface area contributed by atoms with Crippen LogP contribution in [-0.2, 0) is 13.1 Å². The molecule has 0 spiro atoms. The Balaban J connectivity index is 2.11. The summed E-state index contributed by atoms with van der Waals surface area (Å²) in [5.74, 6) is 1.29. The minimum atomic E-state index is 0.520. The van der Waals surface area contributed by atoms with E-state index in [0.29, 0.717) is 45.7 Å². The summed E-state index contributed by atoms with van der Waals surface area (Å²) < 4.78 is 4.70. The molecule has 0 amide bonds. The van der Waals surface area contributed by atoms with Gasteiger partial charge in [-0.05, 0) is 36.6 Å². The standard InChI is InChI=1S/C15H15N7S2/c1-3-8-21-12(17-19-14(21)23)10-6-5-7-11(16-10)13-18-20-15(24)22(13)9-4-2/h3-7H,1-2,8-9H2,(H,19,23)(H,20,24). The highest BCUT2D eigenvalue weighted by Gasteiger charge is 2.13. The summed E-state index contributed by atoms with van der Waals surface area (Å²) in [6, 6.07) is 5.63. The second-order valence-corrected chi connectivity index (χ2v) is 5.68. The van der Waals surface area contributed by atoms with Crippen molar-refractivity contribution < 1.29 is 0 Å². The molecule has 24 heavy (non-hydrogen) atoms. The first-order chi connectivity index (χ1) is 11.7. The lowest BCUT2D eigenvalue weighted by Gasteiger charge is -2.06. The summed E-state index contributed by atoms with van der Waals surface area (Å²) in [4.78, 5) is 4.66. The average Bonchev–Trinajstić information content (AvgIpc) is 3.13. The van der Waals surface area contributed by atoms with E-state index in [1.807, 2.05) is 27.3 Å². The average molecular weight is 357 g/mol. The van der Waals surface area contributed by atoms with Crippen molar-refractivity contribution in [2.24, 2.45) is 0 Å². The van der Waals surface area contributed by atoms with Gasteiger partial charge in [-0.3, -0.25) is 19.3 Å². The van der Waals surface area contributed by atoms with Crippen LogP contribution in [0.1, 0.15) is 0 Å². The topological polar surface area (TPSA) is 80.1 Å². The molecule has 0 saturated carbocycles. The van der Waals surface area contributed by atoms with E-state index in [0.717, 1.165) is 0 Å². The van der Waals surface area contributed by atoms with Crippen molar-refractivity contribution in [2.75, 3.05) is 0 Å². The fraction of sp³-hybridized carbons (Fsp3) is 0.133. The maximum absolute atomic E-state index is 5.25. The van der Waals surface area contributed by atoms with E-state index in [1.165, 1.54) is 0 Å². The third kappa shape index (κ3) is 2.91. The summed E-state index contributed by atoms with van der Waals surface area (Å²) >= 11 is 10.5. The van der Waals surface area contributed by atoms with Gasteiger partial charge >= 0.3 is 0 Å². The normalized spacial score (nSPS) is 10.7. The molecule has 0 aliphatic heterocycles. The van der Waals surface area contributed by atoms with Crippen LogP contribution in [0.4, 0.5) is 0 Å². The van der Waals surface area contributed by atoms with Gasteiger partial charge in [-0.15, -0.1) is 13.2 Å². The zero-order valence-corrected chi connectivity index (χ0v) is 14.4. The molecule has 0 aromatic carbocycles. The van der Waals surface area contributed by atoms with Crippen molar-refractivity contribution in [2.45, 2.75) is 13.1 Å². The number of aromatic nitrogens is 7. The summed E-state index contributed by atoms with van der Waals surface area (Å²) in [6.07, 6.45) is 3.52. The van der Waals surface area contributed by atoms with E-state index in [9.17, 15) is 0 Å². The van der Waals surface area contributed by atoms with Gasteiger partial charge in [0, 0.05) is 13.1 Å². The number of aromatic amines is 2. The fourth-order valence-electron chi connectivity index (χ4n) is 2.31. The second kappa shape index (κ2) is 6.85. The number of nitrogens with zero attached hydrogens (tertiary/aromatic N) is 5. The van der Waals surface area contributed by atoms with Crippen LogP contribution in [0.25, 0.3) is 23.0 Å². The van der Waals surface area contributed by atoms with Crippen LogP contribution in [0.3, 0.4) is 0 Å². The van der Waals surface area contributed by atoms with Crippen molar-refractivity contribution in [1.29, 1.82) is 0 Å². The van der Waals surface area contributed by atoms with Gasteiger partial charge in [0.05, 0.1) is 0 Å². The van der Waals surface area contributed by atoms with Gasteiger partial charge in [-0.2, -0.15) is 10.2 Å². The van der Waals surface area contributed by atoms with Crippen LogP contribution in [0, 0.1) is 9.54 Å². The molecule has 9 heteroatoms. The Morgan fingerprint density at radius 2 is 1.38 bits per heavy atom. The number of nitrogens with one attached hydrogen (secondary N) is 2. The van der Waals surface area contributed by atoms with Crippen molar-refractivity contribution >= 4 is 24.4 Å². The summed E-state index contributed by atoms with van der Waals surface area (Å²) in [5.41, 5.74) is 1.36. The third-order valence-electron chi connectivity index (χ3n) is 3.35. The quantitative estimate of drug-likeness (QED) is 0.523. The van der Waals surface area contributed by atoms with Crippen LogP contribution in [0.15, 0.2) is 43.5 Å². The Bertz CT molecular complexity index is 928. The molecule has 0 unspecified atom stereocenters. The summed E-state index contributed by atoms with van der Waals surface area (Å²) in [5, 5.41) is 14.1. The number of rotatable bonds is 6. The van der Waals surface area contributed by atoms with E-state index < -0.39 is 0 Å². The number of hydrogen-bond donors (Lipinski definition) is 2. The molecule has 0 bridgehead atoms. The molecule has 7 nitrogen and oxygen atoms in total. The van der Waals surface area contributed by atoms with Crippen molar-refractivity contribution in [3.05, 3.63) is 53.1 Å². The van der Waals surface area contributed by atoms with E-state index in [1.54, 1.807) is 12.2 Å². The van der Waals surface area contributed by atoms with Crippen LogP contribution in [-0.4, -0.2) is 34.5 Å².